The molecular formula is C21H34FIN4O2. The minimum Gasteiger partial charge on any atom is -0.491 e. The van der Waals surface area contributed by atoms with E-state index in [1.807, 2.05) is 6.92 Å². The van der Waals surface area contributed by atoms with Gasteiger partial charge < -0.3 is 25.4 Å². The second-order valence-electron chi connectivity index (χ2n) is 7.86. The fraction of sp³-hybridized carbons (Fsp3) is 0.667. The van der Waals surface area contributed by atoms with Crippen LogP contribution in [0.3, 0.4) is 0 Å². The van der Waals surface area contributed by atoms with Crippen LogP contribution >= 0.6 is 24.0 Å². The van der Waals surface area contributed by atoms with Crippen LogP contribution < -0.4 is 15.4 Å². The number of rotatable bonds is 7. The Bertz CT molecular complexity index is 632. The molecule has 2 heterocycles. The third-order valence-electron chi connectivity index (χ3n) is 5.74. The smallest absolute Gasteiger partial charge is 0.191 e. The van der Waals surface area contributed by atoms with E-state index in [1.165, 1.54) is 31.4 Å². The van der Waals surface area contributed by atoms with Crippen LogP contribution in [0.4, 0.5) is 4.39 Å². The number of halogens is 2. The molecule has 1 aromatic carbocycles. The number of benzene rings is 1. The van der Waals surface area contributed by atoms with Crippen LogP contribution in [-0.4, -0.2) is 66.9 Å². The fourth-order valence-corrected chi connectivity index (χ4v) is 4.22. The summed E-state index contributed by atoms with van der Waals surface area (Å²) in [5.74, 6) is 0.972. The number of nitrogens with one attached hydrogen (secondary N) is 2. The first kappa shape index (κ1) is 24.1. The highest BCUT2D eigenvalue weighted by molar-refractivity contribution is 14.0. The number of piperidine rings is 2. The Kier molecular flexibility index (Phi) is 9.91. The first-order valence-electron chi connectivity index (χ1n) is 10.4. The summed E-state index contributed by atoms with van der Waals surface area (Å²) in [5, 5.41) is 17.0. The summed E-state index contributed by atoms with van der Waals surface area (Å²) in [4.78, 5) is 7.08. The molecule has 0 saturated carbocycles. The van der Waals surface area contributed by atoms with Gasteiger partial charge in [0.15, 0.2) is 5.96 Å². The number of hydrogen-bond donors (Lipinski definition) is 3. The quantitative estimate of drug-likeness (QED) is 0.293. The van der Waals surface area contributed by atoms with E-state index in [-0.39, 0.29) is 42.9 Å². The maximum atomic E-state index is 12.9. The fourth-order valence-electron chi connectivity index (χ4n) is 4.22. The van der Waals surface area contributed by atoms with Gasteiger partial charge in [0.2, 0.25) is 0 Å². The molecule has 3 unspecified atom stereocenters. The molecule has 164 valence electrons. The van der Waals surface area contributed by atoms with Gasteiger partial charge in [-0.1, -0.05) is 6.42 Å². The van der Waals surface area contributed by atoms with Crippen molar-refractivity contribution in [3.8, 4) is 5.75 Å². The van der Waals surface area contributed by atoms with E-state index in [1.54, 1.807) is 12.1 Å². The zero-order valence-corrected chi connectivity index (χ0v) is 19.6. The van der Waals surface area contributed by atoms with Crippen molar-refractivity contribution in [3.63, 3.8) is 0 Å². The highest BCUT2D eigenvalue weighted by atomic mass is 127. The second-order valence-corrected chi connectivity index (χ2v) is 7.86. The Morgan fingerprint density at radius 1 is 1.28 bits per heavy atom. The molecule has 29 heavy (non-hydrogen) atoms. The number of aliphatic hydroxyl groups excluding tert-OH is 1. The first-order chi connectivity index (χ1) is 13.5. The van der Waals surface area contributed by atoms with Gasteiger partial charge >= 0.3 is 0 Å². The zero-order valence-electron chi connectivity index (χ0n) is 17.3. The van der Waals surface area contributed by atoms with Gasteiger partial charge in [-0.2, -0.15) is 0 Å². The monoisotopic (exact) mass is 520 g/mol. The molecule has 3 rings (SSSR count). The molecule has 0 aromatic heterocycles. The number of aliphatic hydroxyl groups is 1. The molecule has 0 amide bonds. The lowest BCUT2D eigenvalue weighted by Crippen LogP contribution is -2.56. The van der Waals surface area contributed by atoms with Gasteiger partial charge in [-0.25, -0.2) is 4.39 Å². The van der Waals surface area contributed by atoms with Crippen LogP contribution in [0.5, 0.6) is 5.75 Å². The van der Waals surface area contributed by atoms with Crippen molar-refractivity contribution < 1.29 is 14.2 Å². The van der Waals surface area contributed by atoms with Crippen molar-refractivity contribution in [3.05, 3.63) is 30.1 Å². The molecule has 3 atom stereocenters. The third-order valence-corrected chi connectivity index (χ3v) is 5.74. The number of nitrogens with zero attached hydrogens (tertiary/aromatic N) is 2. The first-order valence-corrected chi connectivity index (χ1v) is 10.4. The van der Waals surface area contributed by atoms with Gasteiger partial charge in [0.1, 0.15) is 24.3 Å². The molecule has 0 aliphatic carbocycles. The van der Waals surface area contributed by atoms with Crippen LogP contribution in [0.15, 0.2) is 29.3 Å². The summed E-state index contributed by atoms with van der Waals surface area (Å²) in [7, 11) is 2.25. The van der Waals surface area contributed by atoms with Gasteiger partial charge in [0, 0.05) is 24.7 Å². The maximum Gasteiger partial charge on any atom is 0.191 e. The van der Waals surface area contributed by atoms with Crippen LogP contribution in [0.2, 0.25) is 0 Å². The molecule has 0 spiro atoms. The lowest BCUT2D eigenvalue weighted by molar-refractivity contribution is 0.0526. The molecule has 0 radical (unpaired) electrons. The number of guanidine groups is 1. The molecule has 2 aliphatic heterocycles. The SMILES string of the molecule is CCNC(=NCC(O)COc1ccc(F)cc1)NC1CC2CCCC(C1)N2C.I. The number of aliphatic imine (C=N–C) groups is 1. The Morgan fingerprint density at radius 2 is 1.93 bits per heavy atom. The Balaban J connectivity index is 0.00000300. The van der Waals surface area contributed by atoms with Crippen molar-refractivity contribution in [2.45, 2.75) is 63.3 Å². The summed E-state index contributed by atoms with van der Waals surface area (Å²) < 4.78 is 18.4. The Labute approximate surface area is 190 Å². The molecule has 2 bridgehead atoms. The molecule has 2 fully saturated rings. The summed E-state index contributed by atoms with van der Waals surface area (Å²) >= 11 is 0. The van der Waals surface area contributed by atoms with E-state index in [2.05, 4.69) is 27.6 Å². The van der Waals surface area contributed by atoms with Gasteiger partial charge in [0.05, 0.1) is 6.54 Å². The van der Waals surface area contributed by atoms with E-state index >= 15 is 0 Å². The topological polar surface area (TPSA) is 69.1 Å². The third kappa shape index (κ3) is 7.25. The molecule has 8 heteroatoms. The van der Waals surface area contributed by atoms with Crippen molar-refractivity contribution in [2.24, 2.45) is 4.99 Å². The van der Waals surface area contributed by atoms with Crippen LogP contribution in [0.1, 0.15) is 39.0 Å². The molecular weight excluding hydrogens is 486 g/mol. The van der Waals surface area contributed by atoms with Crippen LogP contribution in [0.25, 0.3) is 0 Å². The molecule has 6 nitrogen and oxygen atoms in total. The normalized spacial score (nSPS) is 25.7. The van der Waals surface area contributed by atoms with Crippen LogP contribution in [-0.2, 0) is 0 Å². The lowest BCUT2D eigenvalue weighted by atomic mass is 9.82. The maximum absolute atomic E-state index is 12.9. The van der Waals surface area contributed by atoms with Gasteiger partial charge in [-0.05, 0) is 63.9 Å². The summed E-state index contributed by atoms with van der Waals surface area (Å²) in [6, 6.07) is 7.50. The van der Waals surface area contributed by atoms with Crippen molar-refractivity contribution >= 4 is 29.9 Å². The van der Waals surface area contributed by atoms with Crippen molar-refractivity contribution in [2.75, 3.05) is 26.7 Å². The summed E-state index contributed by atoms with van der Waals surface area (Å²) in [6.07, 6.45) is 5.43. The van der Waals surface area contributed by atoms with E-state index in [0.717, 1.165) is 25.3 Å². The van der Waals surface area contributed by atoms with Gasteiger partial charge in [0.25, 0.3) is 0 Å². The average molecular weight is 520 g/mol. The lowest BCUT2D eigenvalue weighted by Gasteiger charge is -2.47. The van der Waals surface area contributed by atoms with E-state index in [0.29, 0.717) is 23.9 Å². The molecule has 1 aromatic rings. The Hall–Kier alpha value is -1.13. The predicted molar refractivity (Wildman–Crippen MR) is 125 cm³/mol. The summed E-state index contributed by atoms with van der Waals surface area (Å²) in [6.45, 7) is 3.17. The second kappa shape index (κ2) is 11.9. The molecule has 2 aliphatic rings. The van der Waals surface area contributed by atoms with E-state index in [4.69, 9.17) is 4.74 Å². The van der Waals surface area contributed by atoms with Gasteiger partial charge in [-0.3, -0.25) is 4.99 Å². The van der Waals surface area contributed by atoms with Crippen molar-refractivity contribution in [1.82, 2.24) is 15.5 Å². The number of hydrogen-bond acceptors (Lipinski definition) is 4. The van der Waals surface area contributed by atoms with E-state index < -0.39 is 6.10 Å². The average Bonchev–Trinajstić information content (AvgIpc) is 2.66. The minimum atomic E-state index is -0.725. The Morgan fingerprint density at radius 3 is 2.55 bits per heavy atom. The predicted octanol–water partition coefficient (Wildman–Crippen LogP) is 2.75. The van der Waals surface area contributed by atoms with E-state index in [9.17, 15) is 9.50 Å². The summed E-state index contributed by atoms with van der Waals surface area (Å²) in [5.41, 5.74) is 0. The minimum absolute atomic E-state index is 0. The highest BCUT2D eigenvalue weighted by Crippen LogP contribution is 2.32. The standard InChI is InChI=1S/C21H33FN4O2.HI/c1-3-23-21(25-16-11-17-5-4-6-18(12-16)26(17)2)24-13-19(27)14-28-20-9-7-15(22)8-10-20;/h7-10,16-19,27H,3-6,11-14H2,1-2H3,(H2,23,24,25);1H. The highest BCUT2D eigenvalue weighted by Gasteiger charge is 2.36. The number of fused-ring (bicyclic) bond motifs is 2. The largest absolute Gasteiger partial charge is 0.491 e. The zero-order chi connectivity index (χ0) is 19.9. The molecule has 2 saturated heterocycles. The van der Waals surface area contributed by atoms with Gasteiger partial charge in [-0.15, -0.1) is 24.0 Å². The van der Waals surface area contributed by atoms with Crippen LogP contribution in [0, 0.1) is 5.82 Å². The number of ether oxygens (including phenoxy) is 1. The molecule has 3 N–H and O–H groups in total. The van der Waals surface area contributed by atoms with Crippen molar-refractivity contribution in [1.29, 1.82) is 0 Å².